The number of H-pyrrole nitrogens is 1. The Morgan fingerprint density at radius 3 is 2.70 bits per heavy atom. The predicted octanol–water partition coefficient (Wildman–Crippen LogP) is 2.58. The van der Waals surface area contributed by atoms with E-state index >= 15 is 0 Å². The molecule has 0 radical (unpaired) electrons. The van der Waals surface area contributed by atoms with Crippen molar-refractivity contribution in [1.82, 2.24) is 20.8 Å². The van der Waals surface area contributed by atoms with Crippen LogP contribution in [0.25, 0.3) is 0 Å². The molecule has 106 valence electrons. The molecular weight excluding hydrogens is 297 g/mol. The average Bonchev–Trinajstić information content (AvgIpc) is 2.94. The summed E-state index contributed by atoms with van der Waals surface area (Å²) in [6, 6.07) is 7.32. The fourth-order valence-electron chi connectivity index (χ4n) is 1.63. The molecule has 7 heteroatoms. The van der Waals surface area contributed by atoms with Crippen molar-refractivity contribution < 1.29 is 0 Å². The highest BCUT2D eigenvalue weighted by Gasteiger charge is 2.03. The number of benzene rings is 1. The Balaban J connectivity index is 1.87. The van der Waals surface area contributed by atoms with Gasteiger partial charge in [0.25, 0.3) is 0 Å². The summed E-state index contributed by atoms with van der Waals surface area (Å²) in [7, 11) is 1.71. The van der Waals surface area contributed by atoms with Crippen LogP contribution < -0.4 is 10.6 Å². The van der Waals surface area contributed by atoms with E-state index in [1.807, 2.05) is 18.2 Å². The standard InChI is InChI=1S/C13H15Cl2N5/c1-16-13(18-8-11-4-5-19-20-11)17-7-9-2-3-10(14)6-12(9)15/h2-6H,7-8H2,1H3,(H,19,20)(H2,16,17,18). The number of halogens is 2. The maximum atomic E-state index is 6.12. The van der Waals surface area contributed by atoms with Gasteiger partial charge in [-0.05, 0) is 23.8 Å². The minimum Gasteiger partial charge on any atom is -0.352 e. The van der Waals surface area contributed by atoms with E-state index in [-0.39, 0.29) is 0 Å². The summed E-state index contributed by atoms with van der Waals surface area (Å²) in [5, 5.41) is 14.4. The van der Waals surface area contributed by atoms with Crippen molar-refractivity contribution in [2.75, 3.05) is 7.05 Å². The van der Waals surface area contributed by atoms with Gasteiger partial charge in [-0.3, -0.25) is 10.1 Å². The molecule has 0 saturated heterocycles. The lowest BCUT2D eigenvalue weighted by molar-refractivity contribution is 0.790. The first-order valence-corrected chi connectivity index (χ1v) is 6.81. The Bertz CT molecular complexity index is 580. The van der Waals surface area contributed by atoms with E-state index in [4.69, 9.17) is 23.2 Å². The minimum atomic E-state index is 0.568. The maximum Gasteiger partial charge on any atom is 0.191 e. The van der Waals surface area contributed by atoms with Gasteiger partial charge in [0.05, 0.1) is 12.2 Å². The largest absolute Gasteiger partial charge is 0.352 e. The van der Waals surface area contributed by atoms with Crippen molar-refractivity contribution >= 4 is 29.2 Å². The first-order chi connectivity index (χ1) is 9.69. The van der Waals surface area contributed by atoms with Gasteiger partial charge in [0.1, 0.15) is 0 Å². The lowest BCUT2D eigenvalue weighted by atomic mass is 10.2. The number of aromatic amines is 1. The highest BCUT2D eigenvalue weighted by atomic mass is 35.5. The van der Waals surface area contributed by atoms with E-state index in [1.165, 1.54) is 0 Å². The van der Waals surface area contributed by atoms with Gasteiger partial charge in [-0.25, -0.2) is 0 Å². The van der Waals surface area contributed by atoms with Gasteiger partial charge in [-0.1, -0.05) is 29.3 Å². The Hall–Kier alpha value is -1.72. The SMILES string of the molecule is CN=C(NCc1ccn[nH]1)NCc1ccc(Cl)cc1Cl. The van der Waals surface area contributed by atoms with Gasteiger partial charge in [0.2, 0.25) is 0 Å². The van der Waals surface area contributed by atoms with Gasteiger partial charge in [-0.2, -0.15) is 5.10 Å². The Morgan fingerprint density at radius 1 is 1.25 bits per heavy atom. The number of guanidine groups is 1. The van der Waals surface area contributed by atoms with E-state index in [1.54, 1.807) is 19.3 Å². The number of hydrogen-bond donors (Lipinski definition) is 3. The van der Waals surface area contributed by atoms with Crippen LogP contribution in [0.5, 0.6) is 0 Å². The third kappa shape index (κ3) is 4.15. The summed E-state index contributed by atoms with van der Waals surface area (Å²) in [5.74, 6) is 0.686. The van der Waals surface area contributed by atoms with Crippen molar-refractivity contribution in [3.63, 3.8) is 0 Å². The second-order valence-corrected chi connectivity index (χ2v) is 4.94. The van der Waals surface area contributed by atoms with Crippen LogP contribution in [-0.2, 0) is 13.1 Å². The van der Waals surface area contributed by atoms with E-state index < -0.39 is 0 Å². The van der Waals surface area contributed by atoms with Crippen molar-refractivity contribution in [3.05, 3.63) is 51.8 Å². The first kappa shape index (κ1) is 14.7. The summed E-state index contributed by atoms with van der Waals surface area (Å²) >= 11 is 12.0. The molecule has 0 saturated carbocycles. The number of aliphatic imine (C=N–C) groups is 1. The second kappa shape index (κ2) is 7.17. The smallest absolute Gasteiger partial charge is 0.191 e. The number of nitrogens with one attached hydrogen (secondary N) is 3. The molecular formula is C13H15Cl2N5. The molecule has 0 fully saturated rings. The zero-order valence-corrected chi connectivity index (χ0v) is 12.5. The van der Waals surface area contributed by atoms with Crippen LogP contribution in [0.2, 0.25) is 10.0 Å². The molecule has 1 heterocycles. The highest BCUT2D eigenvalue weighted by Crippen LogP contribution is 2.20. The summed E-state index contributed by atoms with van der Waals surface area (Å²) < 4.78 is 0. The number of rotatable bonds is 4. The number of hydrogen-bond acceptors (Lipinski definition) is 2. The van der Waals surface area contributed by atoms with Crippen LogP contribution in [-0.4, -0.2) is 23.2 Å². The topological polar surface area (TPSA) is 65.1 Å². The van der Waals surface area contributed by atoms with Crippen molar-refractivity contribution in [2.45, 2.75) is 13.1 Å². The van der Waals surface area contributed by atoms with E-state index in [0.717, 1.165) is 11.3 Å². The van der Waals surface area contributed by atoms with Crippen LogP contribution in [0.15, 0.2) is 35.5 Å². The van der Waals surface area contributed by atoms with E-state index in [9.17, 15) is 0 Å². The van der Waals surface area contributed by atoms with Gasteiger partial charge < -0.3 is 10.6 Å². The minimum absolute atomic E-state index is 0.568. The molecule has 1 aromatic carbocycles. The molecule has 0 aliphatic rings. The Kier molecular flexibility index (Phi) is 5.26. The zero-order valence-electron chi connectivity index (χ0n) is 11.0. The maximum absolute atomic E-state index is 6.12. The summed E-state index contributed by atoms with van der Waals surface area (Å²) in [6.45, 7) is 1.19. The van der Waals surface area contributed by atoms with Gasteiger partial charge in [-0.15, -0.1) is 0 Å². The molecule has 0 aliphatic heterocycles. The molecule has 0 unspecified atom stereocenters. The summed E-state index contributed by atoms with van der Waals surface area (Å²) in [6.07, 6.45) is 1.71. The van der Waals surface area contributed by atoms with Gasteiger partial charge >= 0.3 is 0 Å². The quantitative estimate of drug-likeness (QED) is 0.600. The predicted molar refractivity (Wildman–Crippen MR) is 82.1 cm³/mol. The molecule has 0 amide bonds. The fourth-order valence-corrected chi connectivity index (χ4v) is 2.10. The second-order valence-electron chi connectivity index (χ2n) is 4.10. The van der Waals surface area contributed by atoms with Gasteiger partial charge in [0.15, 0.2) is 5.96 Å². The molecule has 0 spiro atoms. The Morgan fingerprint density at radius 2 is 2.05 bits per heavy atom. The fraction of sp³-hybridized carbons (Fsp3) is 0.231. The van der Waals surface area contributed by atoms with Crippen LogP contribution in [0, 0.1) is 0 Å². The van der Waals surface area contributed by atoms with E-state index in [0.29, 0.717) is 29.1 Å². The first-order valence-electron chi connectivity index (χ1n) is 6.05. The molecule has 2 aromatic rings. The van der Waals surface area contributed by atoms with Crippen molar-refractivity contribution in [3.8, 4) is 0 Å². The molecule has 0 bridgehead atoms. The Labute approximate surface area is 127 Å². The summed E-state index contributed by atoms with van der Waals surface area (Å²) in [4.78, 5) is 4.14. The van der Waals surface area contributed by atoms with Crippen LogP contribution in [0.3, 0.4) is 0 Å². The number of nitrogens with zero attached hydrogens (tertiary/aromatic N) is 2. The third-order valence-corrected chi connectivity index (χ3v) is 3.28. The zero-order chi connectivity index (χ0) is 14.4. The monoisotopic (exact) mass is 311 g/mol. The van der Waals surface area contributed by atoms with Crippen molar-refractivity contribution in [1.29, 1.82) is 0 Å². The lowest BCUT2D eigenvalue weighted by Crippen LogP contribution is -2.36. The normalized spacial score (nSPS) is 11.4. The average molecular weight is 312 g/mol. The van der Waals surface area contributed by atoms with E-state index in [2.05, 4.69) is 25.8 Å². The van der Waals surface area contributed by atoms with Gasteiger partial charge in [0, 0.05) is 29.8 Å². The molecule has 20 heavy (non-hydrogen) atoms. The number of aromatic nitrogens is 2. The molecule has 1 aromatic heterocycles. The molecule has 0 aliphatic carbocycles. The van der Waals surface area contributed by atoms with Crippen LogP contribution >= 0.6 is 23.2 Å². The third-order valence-electron chi connectivity index (χ3n) is 2.69. The van der Waals surface area contributed by atoms with Crippen molar-refractivity contribution in [2.24, 2.45) is 4.99 Å². The van der Waals surface area contributed by atoms with Crippen LogP contribution in [0.1, 0.15) is 11.3 Å². The molecule has 0 atom stereocenters. The lowest BCUT2D eigenvalue weighted by Gasteiger charge is -2.12. The van der Waals surface area contributed by atoms with Crippen LogP contribution in [0.4, 0.5) is 0 Å². The highest BCUT2D eigenvalue weighted by molar-refractivity contribution is 6.35. The molecule has 3 N–H and O–H groups in total. The summed E-state index contributed by atoms with van der Waals surface area (Å²) in [5.41, 5.74) is 1.94. The molecule has 5 nitrogen and oxygen atoms in total. The molecule has 2 rings (SSSR count).